The highest BCUT2D eigenvalue weighted by Gasteiger charge is 2.41. The summed E-state index contributed by atoms with van der Waals surface area (Å²) in [6, 6.07) is 7.95. The monoisotopic (exact) mass is 380 g/mol. The third kappa shape index (κ3) is 4.11. The van der Waals surface area contributed by atoms with E-state index in [0.717, 1.165) is 10.9 Å². The van der Waals surface area contributed by atoms with Gasteiger partial charge in [0.05, 0.1) is 0 Å². The van der Waals surface area contributed by atoms with Gasteiger partial charge in [-0.2, -0.15) is 0 Å². The Hall–Kier alpha value is -1.83. The first-order valence-electron chi connectivity index (χ1n) is 8.60. The summed E-state index contributed by atoms with van der Waals surface area (Å²) in [5, 5.41) is 13.9. The van der Waals surface area contributed by atoms with Crippen molar-refractivity contribution in [3.63, 3.8) is 0 Å². The molecule has 0 bridgehead atoms. The molecule has 2 aromatic rings. The third-order valence-corrected chi connectivity index (χ3v) is 5.61. The van der Waals surface area contributed by atoms with Crippen LogP contribution in [0.4, 0.5) is 8.78 Å². The van der Waals surface area contributed by atoms with Gasteiger partial charge in [0.25, 0.3) is 5.91 Å². The summed E-state index contributed by atoms with van der Waals surface area (Å²) >= 11 is 1.66. The molecule has 3 rings (SSSR count). The molecule has 7 heteroatoms. The summed E-state index contributed by atoms with van der Waals surface area (Å²) in [4.78, 5) is 16.5. The van der Waals surface area contributed by atoms with Crippen molar-refractivity contribution in [2.45, 2.75) is 38.5 Å². The fourth-order valence-electron chi connectivity index (χ4n) is 3.23. The zero-order valence-electron chi connectivity index (χ0n) is 14.6. The van der Waals surface area contributed by atoms with Crippen LogP contribution in [0.5, 0.6) is 0 Å². The smallest absolute Gasteiger partial charge is 0.256 e. The SMILES string of the molecule is Cc1ccc(CNC[C@]2(O)CCCN(Cc3cccc(F)c3F)C2=O)s1. The molecular formula is C19H22F2N2O2S. The van der Waals surface area contributed by atoms with Gasteiger partial charge in [-0.15, -0.1) is 11.3 Å². The highest BCUT2D eigenvalue weighted by atomic mass is 32.1. The molecule has 1 aromatic heterocycles. The van der Waals surface area contributed by atoms with E-state index in [0.29, 0.717) is 25.9 Å². The molecule has 1 aliphatic rings. The van der Waals surface area contributed by atoms with E-state index in [-0.39, 0.29) is 18.7 Å². The lowest BCUT2D eigenvalue weighted by atomic mass is 9.91. The van der Waals surface area contributed by atoms with Gasteiger partial charge < -0.3 is 15.3 Å². The zero-order chi connectivity index (χ0) is 18.7. The van der Waals surface area contributed by atoms with Gasteiger partial charge in [0.15, 0.2) is 17.2 Å². The molecule has 1 fully saturated rings. The van der Waals surface area contributed by atoms with Crippen molar-refractivity contribution in [2.24, 2.45) is 0 Å². The average molecular weight is 380 g/mol. The van der Waals surface area contributed by atoms with E-state index >= 15 is 0 Å². The average Bonchev–Trinajstić information content (AvgIpc) is 3.01. The predicted octanol–water partition coefficient (Wildman–Crippen LogP) is 2.98. The van der Waals surface area contributed by atoms with Gasteiger partial charge in [-0.3, -0.25) is 4.79 Å². The Morgan fingerprint density at radius 2 is 2.12 bits per heavy atom. The number of hydrogen-bond acceptors (Lipinski definition) is 4. The molecule has 0 spiro atoms. The number of amides is 1. The molecule has 0 unspecified atom stereocenters. The molecule has 0 aliphatic carbocycles. The molecule has 1 aromatic carbocycles. The van der Waals surface area contributed by atoms with Crippen LogP contribution in [0.3, 0.4) is 0 Å². The number of hydrogen-bond donors (Lipinski definition) is 2. The van der Waals surface area contributed by atoms with Crippen LogP contribution < -0.4 is 5.32 Å². The Labute approximate surface area is 155 Å². The molecule has 1 amide bonds. The van der Waals surface area contributed by atoms with Gasteiger partial charge in [-0.25, -0.2) is 8.78 Å². The maximum Gasteiger partial charge on any atom is 0.256 e. The summed E-state index contributed by atoms with van der Waals surface area (Å²) in [6.45, 7) is 3.10. The number of nitrogens with zero attached hydrogens (tertiary/aromatic N) is 1. The molecule has 1 aliphatic heterocycles. The number of aliphatic hydroxyl groups is 1. The Morgan fingerprint density at radius 1 is 1.31 bits per heavy atom. The summed E-state index contributed by atoms with van der Waals surface area (Å²) in [5.74, 6) is -2.32. The minimum atomic E-state index is -1.52. The summed E-state index contributed by atoms with van der Waals surface area (Å²) < 4.78 is 27.3. The number of thiophene rings is 1. The number of benzene rings is 1. The molecule has 2 N–H and O–H groups in total. The Kier molecular flexibility index (Phi) is 5.70. The molecule has 1 saturated heterocycles. The van der Waals surface area contributed by atoms with E-state index in [1.165, 1.54) is 21.9 Å². The number of piperidine rings is 1. The maximum absolute atomic E-state index is 13.9. The third-order valence-electron chi connectivity index (χ3n) is 4.61. The van der Waals surface area contributed by atoms with E-state index in [1.807, 2.05) is 19.1 Å². The van der Waals surface area contributed by atoms with Gasteiger partial charge >= 0.3 is 0 Å². The molecule has 26 heavy (non-hydrogen) atoms. The summed E-state index contributed by atoms with van der Waals surface area (Å²) in [6.07, 6.45) is 0.962. The number of halogens is 2. The fourth-order valence-corrected chi connectivity index (χ4v) is 4.09. The number of nitrogens with one attached hydrogen (secondary N) is 1. The normalized spacial score (nSPS) is 20.6. The second kappa shape index (κ2) is 7.82. The second-order valence-corrected chi connectivity index (χ2v) is 8.06. The van der Waals surface area contributed by atoms with Crippen molar-refractivity contribution in [3.05, 3.63) is 57.3 Å². The highest BCUT2D eigenvalue weighted by molar-refractivity contribution is 7.11. The first-order chi connectivity index (χ1) is 12.4. The van der Waals surface area contributed by atoms with Gasteiger partial charge in [0, 0.05) is 41.5 Å². The molecule has 1 atom stereocenters. The quantitative estimate of drug-likeness (QED) is 0.810. The molecule has 0 saturated carbocycles. The van der Waals surface area contributed by atoms with E-state index in [1.54, 1.807) is 11.3 Å². The minimum absolute atomic E-state index is 0.0468. The number of carbonyl (C=O) groups excluding carboxylic acids is 1. The van der Waals surface area contributed by atoms with Crippen molar-refractivity contribution in [3.8, 4) is 0 Å². The minimum Gasteiger partial charge on any atom is -0.379 e. The van der Waals surface area contributed by atoms with Crippen molar-refractivity contribution in [2.75, 3.05) is 13.1 Å². The van der Waals surface area contributed by atoms with Crippen LogP contribution in [0.25, 0.3) is 0 Å². The fraction of sp³-hybridized carbons (Fsp3) is 0.421. The standard InChI is InChI=1S/C19H22F2N2O2S/c1-13-6-7-15(26-13)10-22-12-19(25)8-3-9-23(18(19)24)11-14-4-2-5-16(20)17(14)21/h2,4-7,22,25H,3,8-12H2,1H3/t19-/m1/s1. The van der Waals surface area contributed by atoms with Crippen molar-refractivity contribution < 1.29 is 18.7 Å². The van der Waals surface area contributed by atoms with Crippen LogP contribution in [0.15, 0.2) is 30.3 Å². The Morgan fingerprint density at radius 3 is 2.85 bits per heavy atom. The Bertz CT molecular complexity index is 796. The van der Waals surface area contributed by atoms with Crippen LogP contribution >= 0.6 is 11.3 Å². The molecule has 2 heterocycles. The van der Waals surface area contributed by atoms with E-state index < -0.39 is 23.1 Å². The number of carbonyl (C=O) groups is 1. The van der Waals surface area contributed by atoms with Crippen LogP contribution in [0.2, 0.25) is 0 Å². The molecule has 4 nitrogen and oxygen atoms in total. The second-order valence-electron chi connectivity index (χ2n) is 6.69. The van der Waals surface area contributed by atoms with Gasteiger partial charge in [-0.1, -0.05) is 12.1 Å². The van der Waals surface area contributed by atoms with Crippen LogP contribution in [-0.4, -0.2) is 34.6 Å². The topological polar surface area (TPSA) is 52.6 Å². The summed E-state index contributed by atoms with van der Waals surface area (Å²) in [7, 11) is 0. The van der Waals surface area contributed by atoms with Crippen LogP contribution in [-0.2, 0) is 17.9 Å². The van der Waals surface area contributed by atoms with E-state index in [9.17, 15) is 18.7 Å². The Balaban J connectivity index is 1.63. The first kappa shape index (κ1) is 18.9. The predicted molar refractivity (Wildman–Crippen MR) is 96.7 cm³/mol. The number of rotatable bonds is 6. The van der Waals surface area contributed by atoms with Crippen LogP contribution in [0, 0.1) is 18.6 Å². The molecular weight excluding hydrogens is 358 g/mol. The van der Waals surface area contributed by atoms with E-state index in [4.69, 9.17) is 0 Å². The lowest BCUT2D eigenvalue weighted by molar-refractivity contribution is -0.157. The highest BCUT2D eigenvalue weighted by Crippen LogP contribution is 2.25. The molecule has 0 radical (unpaired) electrons. The van der Waals surface area contributed by atoms with Crippen LogP contribution in [0.1, 0.15) is 28.2 Å². The van der Waals surface area contributed by atoms with E-state index in [2.05, 4.69) is 5.32 Å². The lowest BCUT2D eigenvalue weighted by Gasteiger charge is -2.38. The maximum atomic E-state index is 13.9. The van der Waals surface area contributed by atoms with Gasteiger partial charge in [-0.05, 0) is 38.0 Å². The number of aryl methyl sites for hydroxylation is 1. The van der Waals surface area contributed by atoms with Crippen molar-refractivity contribution >= 4 is 17.2 Å². The largest absolute Gasteiger partial charge is 0.379 e. The number of likely N-dealkylation sites (tertiary alicyclic amines) is 1. The summed E-state index contributed by atoms with van der Waals surface area (Å²) in [5.41, 5.74) is -1.40. The lowest BCUT2D eigenvalue weighted by Crippen LogP contribution is -2.57. The van der Waals surface area contributed by atoms with Gasteiger partial charge in [0.2, 0.25) is 0 Å². The van der Waals surface area contributed by atoms with Crippen molar-refractivity contribution in [1.29, 1.82) is 0 Å². The van der Waals surface area contributed by atoms with Gasteiger partial charge in [0.1, 0.15) is 0 Å². The molecule has 140 valence electrons. The van der Waals surface area contributed by atoms with Crippen molar-refractivity contribution in [1.82, 2.24) is 10.2 Å². The zero-order valence-corrected chi connectivity index (χ0v) is 15.4. The first-order valence-corrected chi connectivity index (χ1v) is 9.41.